The molecule has 0 bridgehead atoms. The number of imide groups is 1. The molecule has 0 aliphatic carbocycles. The summed E-state index contributed by atoms with van der Waals surface area (Å²) in [6, 6.07) is 18.2. The number of amides is 2. The van der Waals surface area contributed by atoms with Crippen LogP contribution in [-0.4, -0.2) is 18.9 Å². The molecule has 1 aliphatic heterocycles. The minimum atomic E-state index is -0.414. The summed E-state index contributed by atoms with van der Waals surface area (Å²) in [5, 5.41) is 3.72. The smallest absolute Gasteiger partial charge is 0.282 e. The summed E-state index contributed by atoms with van der Waals surface area (Å²) in [5.74, 6) is -0.134. The van der Waals surface area contributed by atoms with E-state index in [0.29, 0.717) is 33.3 Å². The van der Waals surface area contributed by atoms with Gasteiger partial charge in [0.15, 0.2) is 0 Å². The summed E-state index contributed by atoms with van der Waals surface area (Å²) >= 11 is 6.28. The molecule has 1 aliphatic rings. The summed E-state index contributed by atoms with van der Waals surface area (Å²) in [4.78, 5) is 28.3. The third-order valence-corrected chi connectivity index (χ3v) is 5.78. The monoisotopic (exact) mass is 446 g/mol. The van der Waals surface area contributed by atoms with Crippen LogP contribution < -0.4 is 15.0 Å². The molecule has 4 rings (SSSR count). The predicted molar refractivity (Wildman–Crippen MR) is 128 cm³/mol. The Morgan fingerprint density at radius 1 is 0.844 bits per heavy atom. The third-order valence-electron chi connectivity index (χ3n) is 5.37. The number of anilines is 2. The van der Waals surface area contributed by atoms with Gasteiger partial charge in [-0.1, -0.05) is 35.9 Å². The Morgan fingerprint density at radius 3 is 2.09 bits per heavy atom. The number of benzene rings is 3. The van der Waals surface area contributed by atoms with E-state index in [-0.39, 0.29) is 11.6 Å². The number of aryl methyl sites for hydroxylation is 3. The average Bonchev–Trinajstić information content (AvgIpc) is 2.99. The van der Waals surface area contributed by atoms with Crippen LogP contribution in [0.1, 0.15) is 22.3 Å². The van der Waals surface area contributed by atoms with Gasteiger partial charge in [0, 0.05) is 10.7 Å². The molecule has 0 saturated carbocycles. The van der Waals surface area contributed by atoms with Crippen LogP contribution in [0.2, 0.25) is 5.02 Å². The molecule has 0 atom stereocenters. The van der Waals surface area contributed by atoms with Gasteiger partial charge >= 0.3 is 0 Å². The molecule has 3 aromatic rings. The number of nitrogens with zero attached hydrogens (tertiary/aromatic N) is 1. The van der Waals surface area contributed by atoms with Crippen molar-refractivity contribution in [3.8, 4) is 5.75 Å². The van der Waals surface area contributed by atoms with Crippen LogP contribution in [0.25, 0.3) is 5.57 Å². The van der Waals surface area contributed by atoms with Gasteiger partial charge in [-0.25, -0.2) is 4.90 Å². The molecule has 162 valence electrons. The standard InChI is InChI=1S/C26H23ClN2O3/c1-15-11-16(2)13-20(12-15)29-25(30)23(18-6-9-21(32-4)10-7-18)24(26(29)31)28-19-8-5-17(3)22(27)14-19/h5-14,28H,1-4H3. The average molecular weight is 447 g/mol. The number of hydrogen-bond acceptors (Lipinski definition) is 4. The molecule has 5 nitrogen and oxygen atoms in total. The number of carbonyl (C=O) groups excluding carboxylic acids is 2. The zero-order valence-electron chi connectivity index (χ0n) is 18.3. The molecule has 1 heterocycles. The van der Waals surface area contributed by atoms with Crippen molar-refractivity contribution in [3.05, 3.63) is 93.6 Å². The maximum Gasteiger partial charge on any atom is 0.282 e. The zero-order valence-corrected chi connectivity index (χ0v) is 19.1. The second-order valence-corrected chi connectivity index (χ2v) is 8.27. The lowest BCUT2D eigenvalue weighted by Gasteiger charge is -2.17. The third kappa shape index (κ3) is 3.99. The van der Waals surface area contributed by atoms with Crippen molar-refractivity contribution in [2.24, 2.45) is 0 Å². The number of methoxy groups -OCH3 is 1. The number of halogens is 1. The highest BCUT2D eigenvalue weighted by Gasteiger charge is 2.40. The Bertz CT molecular complexity index is 1240. The summed E-state index contributed by atoms with van der Waals surface area (Å²) < 4.78 is 5.23. The van der Waals surface area contributed by atoms with Crippen LogP contribution >= 0.6 is 11.6 Å². The highest BCUT2D eigenvalue weighted by molar-refractivity contribution is 6.46. The van der Waals surface area contributed by atoms with Crippen molar-refractivity contribution in [1.29, 1.82) is 0 Å². The van der Waals surface area contributed by atoms with Gasteiger partial charge in [-0.05, 0) is 79.4 Å². The molecule has 0 radical (unpaired) electrons. The highest BCUT2D eigenvalue weighted by atomic mass is 35.5. The summed E-state index contributed by atoms with van der Waals surface area (Å²) in [5.41, 5.74) is 5.17. The Hall–Kier alpha value is -3.57. The summed E-state index contributed by atoms with van der Waals surface area (Å²) in [6.45, 7) is 5.78. The predicted octanol–water partition coefficient (Wildman–Crippen LogP) is 5.67. The molecular formula is C26H23ClN2O3. The first kappa shape index (κ1) is 21.7. The first-order valence-electron chi connectivity index (χ1n) is 10.2. The second-order valence-electron chi connectivity index (χ2n) is 7.86. The molecule has 32 heavy (non-hydrogen) atoms. The maximum absolute atomic E-state index is 13.6. The van der Waals surface area contributed by atoms with Gasteiger partial charge < -0.3 is 10.1 Å². The van der Waals surface area contributed by atoms with Gasteiger partial charge in [0.25, 0.3) is 11.8 Å². The van der Waals surface area contributed by atoms with Crippen LogP contribution in [0, 0.1) is 20.8 Å². The van der Waals surface area contributed by atoms with Gasteiger partial charge in [0.2, 0.25) is 0 Å². The second kappa shape index (κ2) is 8.52. The van der Waals surface area contributed by atoms with E-state index in [2.05, 4.69) is 5.32 Å². The van der Waals surface area contributed by atoms with Crippen LogP contribution in [-0.2, 0) is 9.59 Å². The van der Waals surface area contributed by atoms with E-state index in [4.69, 9.17) is 16.3 Å². The fraction of sp³-hybridized carbons (Fsp3) is 0.154. The largest absolute Gasteiger partial charge is 0.497 e. The molecule has 0 spiro atoms. The van der Waals surface area contributed by atoms with E-state index in [1.807, 2.05) is 51.1 Å². The molecule has 0 aromatic heterocycles. The Labute approximate surface area is 192 Å². The fourth-order valence-corrected chi connectivity index (χ4v) is 3.98. The van der Waals surface area contributed by atoms with E-state index in [1.165, 1.54) is 4.90 Å². The van der Waals surface area contributed by atoms with Crippen LogP contribution in [0.3, 0.4) is 0 Å². The van der Waals surface area contributed by atoms with Crippen molar-refractivity contribution < 1.29 is 14.3 Å². The zero-order chi connectivity index (χ0) is 23.0. The Morgan fingerprint density at radius 2 is 1.50 bits per heavy atom. The minimum Gasteiger partial charge on any atom is -0.497 e. The summed E-state index contributed by atoms with van der Waals surface area (Å²) in [6.07, 6.45) is 0. The van der Waals surface area contributed by atoms with Crippen LogP contribution in [0.5, 0.6) is 5.75 Å². The Kier molecular flexibility index (Phi) is 5.76. The van der Waals surface area contributed by atoms with Gasteiger partial charge in [-0.15, -0.1) is 0 Å². The van der Waals surface area contributed by atoms with Gasteiger partial charge in [0.05, 0.1) is 18.4 Å². The lowest BCUT2D eigenvalue weighted by Crippen LogP contribution is -2.32. The Balaban J connectivity index is 1.83. The normalized spacial score (nSPS) is 13.7. The van der Waals surface area contributed by atoms with E-state index in [0.717, 1.165) is 16.7 Å². The van der Waals surface area contributed by atoms with Gasteiger partial charge in [-0.2, -0.15) is 0 Å². The van der Waals surface area contributed by atoms with E-state index < -0.39 is 5.91 Å². The first-order valence-corrected chi connectivity index (χ1v) is 10.5. The molecular weight excluding hydrogens is 424 g/mol. The highest BCUT2D eigenvalue weighted by Crippen LogP contribution is 2.35. The van der Waals surface area contributed by atoms with Gasteiger partial charge in [-0.3, -0.25) is 9.59 Å². The topological polar surface area (TPSA) is 58.6 Å². The summed E-state index contributed by atoms with van der Waals surface area (Å²) in [7, 11) is 1.58. The SMILES string of the molecule is COc1ccc(C2=C(Nc3ccc(C)c(Cl)c3)C(=O)N(c3cc(C)cc(C)c3)C2=O)cc1. The van der Waals surface area contributed by atoms with Crippen LogP contribution in [0.4, 0.5) is 11.4 Å². The molecule has 2 amide bonds. The molecule has 0 unspecified atom stereocenters. The lowest BCUT2D eigenvalue weighted by atomic mass is 10.0. The quantitative estimate of drug-likeness (QED) is 0.513. The van der Waals surface area contributed by atoms with E-state index in [9.17, 15) is 9.59 Å². The minimum absolute atomic E-state index is 0.208. The van der Waals surface area contributed by atoms with Crippen molar-refractivity contribution in [3.63, 3.8) is 0 Å². The molecule has 1 N–H and O–H groups in total. The van der Waals surface area contributed by atoms with Crippen molar-refractivity contribution in [2.75, 3.05) is 17.3 Å². The number of ether oxygens (including phenoxy) is 1. The maximum atomic E-state index is 13.6. The number of nitrogens with one attached hydrogen (secondary N) is 1. The van der Waals surface area contributed by atoms with Crippen molar-refractivity contribution in [1.82, 2.24) is 0 Å². The number of carbonyl (C=O) groups is 2. The van der Waals surface area contributed by atoms with E-state index in [1.54, 1.807) is 37.4 Å². The van der Waals surface area contributed by atoms with Crippen LogP contribution in [0.15, 0.2) is 66.4 Å². The molecule has 0 fully saturated rings. The van der Waals surface area contributed by atoms with Gasteiger partial charge in [0.1, 0.15) is 11.4 Å². The number of hydrogen-bond donors (Lipinski definition) is 1. The first-order chi connectivity index (χ1) is 15.3. The van der Waals surface area contributed by atoms with Crippen molar-refractivity contribution >= 4 is 40.4 Å². The van der Waals surface area contributed by atoms with Crippen molar-refractivity contribution in [2.45, 2.75) is 20.8 Å². The van der Waals surface area contributed by atoms with E-state index >= 15 is 0 Å². The molecule has 0 saturated heterocycles. The lowest BCUT2D eigenvalue weighted by molar-refractivity contribution is -0.120. The molecule has 6 heteroatoms. The molecule has 3 aromatic carbocycles. The number of rotatable bonds is 5. The fourth-order valence-electron chi connectivity index (χ4n) is 3.80.